The van der Waals surface area contributed by atoms with Crippen LogP contribution in [0.25, 0.3) is 0 Å². The molecule has 1 aliphatic carbocycles. The average Bonchev–Trinajstić information content (AvgIpc) is 2.97. The summed E-state index contributed by atoms with van der Waals surface area (Å²) in [7, 11) is 0. The Kier molecular flexibility index (Phi) is 14.6. The maximum atomic E-state index is 16.8. The molecule has 0 saturated heterocycles. The SMILES string of the molecule is CC(C)CC(=O)N(C(=O)[C@@H](N)C(C)C)C(C(=O)[C@H](Cc1ccccc1)NC(=O)OC(C)(C)C)C(F)(F)C(=O)C(N)CC1CCCCC1. The van der Waals surface area contributed by atoms with Crippen LogP contribution >= 0.6 is 0 Å². The molecule has 12 heteroatoms. The van der Waals surface area contributed by atoms with Crippen molar-refractivity contribution in [3.05, 3.63) is 35.9 Å². The molecule has 2 unspecified atom stereocenters. The molecule has 10 nitrogen and oxygen atoms in total. The highest BCUT2D eigenvalue weighted by molar-refractivity contribution is 6.08. The molecule has 1 aromatic rings. The molecule has 5 N–H and O–H groups in total. The lowest BCUT2D eigenvalue weighted by Crippen LogP contribution is -2.67. The Morgan fingerprint density at radius 2 is 1.53 bits per heavy atom. The predicted molar refractivity (Wildman–Crippen MR) is 175 cm³/mol. The number of hydrogen-bond donors (Lipinski definition) is 3. The minimum absolute atomic E-state index is 0.0294. The number of nitrogens with two attached hydrogens (primary N) is 2. The Hall–Kier alpha value is -3.25. The molecule has 1 fully saturated rings. The van der Waals surface area contributed by atoms with Crippen molar-refractivity contribution >= 4 is 29.5 Å². The molecule has 0 bridgehead atoms. The van der Waals surface area contributed by atoms with E-state index in [4.69, 9.17) is 16.2 Å². The van der Waals surface area contributed by atoms with Gasteiger partial charge >= 0.3 is 12.0 Å². The third-order valence-electron chi connectivity index (χ3n) is 8.26. The number of benzene rings is 1. The fourth-order valence-corrected chi connectivity index (χ4v) is 5.74. The second-order valence-electron chi connectivity index (χ2n) is 14.5. The highest BCUT2D eigenvalue weighted by Gasteiger charge is 2.59. The van der Waals surface area contributed by atoms with Gasteiger partial charge in [-0.1, -0.05) is 90.1 Å². The summed E-state index contributed by atoms with van der Waals surface area (Å²) in [4.78, 5) is 68.8. The first-order valence-corrected chi connectivity index (χ1v) is 16.6. The Labute approximate surface area is 277 Å². The molecule has 1 saturated carbocycles. The van der Waals surface area contributed by atoms with E-state index < -0.39 is 77.0 Å². The van der Waals surface area contributed by atoms with Crippen LogP contribution in [0.4, 0.5) is 13.6 Å². The molecule has 0 radical (unpaired) electrons. The minimum atomic E-state index is -4.62. The Balaban J connectivity index is 2.74. The summed E-state index contributed by atoms with van der Waals surface area (Å²) in [6.07, 6.45) is 2.44. The fraction of sp³-hybridized carbons (Fsp3) is 0.686. The molecule has 47 heavy (non-hydrogen) atoms. The van der Waals surface area contributed by atoms with Gasteiger partial charge in [-0.05, 0) is 56.9 Å². The first-order chi connectivity index (χ1) is 21.8. The van der Waals surface area contributed by atoms with Crippen molar-refractivity contribution in [2.75, 3.05) is 0 Å². The third-order valence-corrected chi connectivity index (χ3v) is 8.26. The van der Waals surface area contributed by atoms with Gasteiger partial charge < -0.3 is 21.5 Å². The number of carbonyl (C=O) groups excluding carboxylic acids is 5. The largest absolute Gasteiger partial charge is 0.444 e. The zero-order valence-corrected chi connectivity index (χ0v) is 28.9. The molecule has 0 heterocycles. The quantitative estimate of drug-likeness (QED) is 0.237. The van der Waals surface area contributed by atoms with Gasteiger partial charge in [-0.2, -0.15) is 8.78 Å². The van der Waals surface area contributed by atoms with Crippen LogP contribution in [0.1, 0.15) is 99.0 Å². The number of nitrogens with zero attached hydrogens (tertiary/aromatic N) is 1. The zero-order chi connectivity index (χ0) is 35.7. The number of halogens is 2. The van der Waals surface area contributed by atoms with E-state index in [1.807, 2.05) is 0 Å². The molecule has 0 spiro atoms. The molecule has 2 rings (SSSR count). The molecular formula is C35H54F2N4O6. The molecule has 0 aromatic heterocycles. The summed E-state index contributed by atoms with van der Waals surface area (Å²) in [6.45, 7) is 11.2. The summed E-state index contributed by atoms with van der Waals surface area (Å²) < 4.78 is 39.0. The number of amides is 3. The first kappa shape index (κ1) is 39.9. The normalized spacial score (nSPS) is 17.0. The minimum Gasteiger partial charge on any atom is -0.444 e. The number of rotatable bonds is 15. The highest BCUT2D eigenvalue weighted by Crippen LogP contribution is 2.33. The summed E-state index contributed by atoms with van der Waals surface area (Å²) in [5, 5.41) is 2.37. The van der Waals surface area contributed by atoms with E-state index in [9.17, 15) is 24.0 Å². The van der Waals surface area contributed by atoms with E-state index in [0.29, 0.717) is 5.56 Å². The van der Waals surface area contributed by atoms with Gasteiger partial charge in [0.2, 0.25) is 17.6 Å². The lowest BCUT2D eigenvalue weighted by molar-refractivity contribution is -0.174. The van der Waals surface area contributed by atoms with Crippen LogP contribution in [0.2, 0.25) is 0 Å². The molecule has 3 amide bonds. The number of hydrogen-bond acceptors (Lipinski definition) is 8. The van der Waals surface area contributed by atoms with Crippen LogP contribution in [0, 0.1) is 17.8 Å². The van der Waals surface area contributed by atoms with Gasteiger partial charge in [0.05, 0.1) is 18.1 Å². The second-order valence-corrected chi connectivity index (χ2v) is 14.5. The zero-order valence-electron chi connectivity index (χ0n) is 28.9. The Morgan fingerprint density at radius 3 is 2.04 bits per heavy atom. The van der Waals surface area contributed by atoms with Crippen molar-refractivity contribution in [3.8, 4) is 0 Å². The average molecular weight is 665 g/mol. The number of ketones is 2. The van der Waals surface area contributed by atoms with Crippen molar-refractivity contribution in [3.63, 3.8) is 0 Å². The number of imide groups is 1. The number of ether oxygens (including phenoxy) is 1. The standard InChI is InChI=1S/C35H54F2N4O6/c1-21(2)18-27(42)41(32(45)28(39)22(3)4)30(35(36,37)31(44)25(38)19-23-14-10-8-11-15-23)29(43)26(20-24-16-12-9-13-17-24)40-33(46)47-34(5,6)7/h9,12-13,16-17,21-23,25-26,28,30H,8,10-11,14-15,18-20,38-39H2,1-7H3,(H,40,46)/t25?,26-,28-,30?/m0/s1. The molecule has 264 valence electrons. The van der Waals surface area contributed by atoms with Gasteiger partial charge in [-0.15, -0.1) is 0 Å². The lowest BCUT2D eigenvalue weighted by atomic mass is 9.82. The van der Waals surface area contributed by atoms with Crippen molar-refractivity contribution in [2.24, 2.45) is 29.2 Å². The van der Waals surface area contributed by atoms with Crippen LogP contribution in [-0.4, -0.2) is 70.1 Å². The smallest absolute Gasteiger partial charge is 0.408 e. The van der Waals surface area contributed by atoms with Crippen LogP contribution < -0.4 is 16.8 Å². The van der Waals surface area contributed by atoms with Crippen LogP contribution in [0.3, 0.4) is 0 Å². The van der Waals surface area contributed by atoms with Crippen LogP contribution in [0.5, 0.6) is 0 Å². The van der Waals surface area contributed by atoms with E-state index in [0.717, 1.165) is 32.1 Å². The van der Waals surface area contributed by atoms with Gasteiger partial charge in [0.15, 0.2) is 11.8 Å². The van der Waals surface area contributed by atoms with Crippen molar-refractivity contribution in [2.45, 2.75) is 136 Å². The topological polar surface area (TPSA) is 162 Å². The maximum absolute atomic E-state index is 16.8. The van der Waals surface area contributed by atoms with E-state index in [2.05, 4.69) is 5.32 Å². The van der Waals surface area contributed by atoms with Gasteiger partial charge in [0.1, 0.15) is 5.60 Å². The van der Waals surface area contributed by atoms with Crippen molar-refractivity contribution in [1.82, 2.24) is 10.2 Å². The van der Waals surface area contributed by atoms with Gasteiger partial charge in [-0.3, -0.25) is 24.1 Å². The second kappa shape index (κ2) is 17.2. The van der Waals surface area contributed by atoms with Gasteiger partial charge in [-0.25, -0.2) is 4.79 Å². The van der Waals surface area contributed by atoms with Crippen LogP contribution in [0.15, 0.2) is 30.3 Å². The summed E-state index contributed by atoms with van der Waals surface area (Å²) in [6, 6.07) is 0.502. The summed E-state index contributed by atoms with van der Waals surface area (Å²) >= 11 is 0. The summed E-state index contributed by atoms with van der Waals surface area (Å²) in [5.41, 5.74) is 11.7. The predicted octanol–water partition coefficient (Wildman–Crippen LogP) is 4.95. The van der Waals surface area contributed by atoms with E-state index in [1.165, 1.54) is 0 Å². The summed E-state index contributed by atoms with van der Waals surface area (Å²) in [5.74, 6) is -11.2. The number of alkyl carbamates (subject to hydrolysis) is 1. The van der Waals surface area contributed by atoms with Crippen molar-refractivity contribution in [1.29, 1.82) is 0 Å². The Bertz CT molecular complexity index is 1230. The third kappa shape index (κ3) is 11.7. The van der Waals surface area contributed by atoms with E-state index in [-0.39, 0.29) is 30.1 Å². The van der Waals surface area contributed by atoms with Gasteiger partial charge in [0.25, 0.3) is 0 Å². The number of Topliss-reactive ketones (excluding diaryl/α,β-unsaturated/α-hetero) is 2. The molecular weight excluding hydrogens is 610 g/mol. The maximum Gasteiger partial charge on any atom is 0.408 e. The van der Waals surface area contributed by atoms with E-state index in [1.54, 1.807) is 78.8 Å². The monoisotopic (exact) mass is 664 g/mol. The lowest BCUT2D eigenvalue weighted by Gasteiger charge is -2.38. The van der Waals surface area contributed by atoms with Gasteiger partial charge in [0, 0.05) is 6.42 Å². The molecule has 4 atom stereocenters. The first-order valence-electron chi connectivity index (χ1n) is 16.6. The highest BCUT2D eigenvalue weighted by atomic mass is 19.3. The molecule has 1 aliphatic rings. The number of alkyl halides is 2. The molecule has 0 aliphatic heterocycles. The fourth-order valence-electron chi connectivity index (χ4n) is 5.74. The number of nitrogens with one attached hydrogen (secondary N) is 1. The number of carbonyl (C=O) groups is 5. The van der Waals surface area contributed by atoms with Crippen molar-refractivity contribution < 1.29 is 37.5 Å². The molecule has 1 aromatic carbocycles. The Morgan fingerprint density at radius 1 is 0.957 bits per heavy atom. The van der Waals surface area contributed by atoms with E-state index >= 15 is 8.78 Å². The van der Waals surface area contributed by atoms with Crippen LogP contribution in [-0.2, 0) is 30.3 Å².